The monoisotopic (exact) mass is 580 g/mol. The number of anilines is 1. The van der Waals surface area contributed by atoms with Crippen LogP contribution in [0.15, 0.2) is 30.5 Å². The number of fused-ring (bicyclic) bond motifs is 2. The summed E-state index contributed by atoms with van der Waals surface area (Å²) in [5, 5.41) is 4.01. The molecule has 206 valence electrons. The third-order valence-corrected chi connectivity index (χ3v) is 9.83. The van der Waals surface area contributed by atoms with Crippen LogP contribution >= 0.6 is 22.9 Å². The van der Waals surface area contributed by atoms with Crippen LogP contribution in [0.4, 0.5) is 5.69 Å². The van der Waals surface area contributed by atoms with Gasteiger partial charge in [0.1, 0.15) is 11.9 Å². The lowest BCUT2D eigenvalue weighted by molar-refractivity contribution is -0.145. The van der Waals surface area contributed by atoms with Gasteiger partial charge in [-0.2, -0.15) is 0 Å². The summed E-state index contributed by atoms with van der Waals surface area (Å²) >= 11 is 8.03. The average molecular weight is 581 g/mol. The van der Waals surface area contributed by atoms with Crippen molar-refractivity contribution in [1.29, 1.82) is 0 Å². The Hall–Kier alpha value is -3.54. The fourth-order valence-electron chi connectivity index (χ4n) is 6.47. The highest BCUT2D eigenvalue weighted by Crippen LogP contribution is 2.49. The number of hydrogen-bond acceptors (Lipinski definition) is 9. The van der Waals surface area contributed by atoms with Gasteiger partial charge in [-0.25, -0.2) is 0 Å². The standard InChI is InChI=1S/C28H25ClN4O6S/c29-15-7-19(18-4-6-30-20-9-17(40-27(18)20)12-32-23(35)1-2-24(32)36)26-21(8-15)38-13-25(37)33(26)16-10-28(31-11-16)5-3-22(28)39-14-34/h4,6-9,14,16,22,31H,1-3,5,10-13H2/t16-,22?,28?/m0/s1. The van der Waals surface area contributed by atoms with Crippen molar-refractivity contribution >= 4 is 63.0 Å². The Bertz CT molecular complexity index is 1580. The zero-order valence-corrected chi connectivity index (χ0v) is 22.9. The maximum Gasteiger partial charge on any atom is 0.293 e. The number of benzene rings is 1. The van der Waals surface area contributed by atoms with E-state index >= 15 is 0 Å². The van der Waals surface area contributed by atoms with Crippen molar-refractivity contribution in [2.75, 3.05) is 18.1 Å². The number of carbonyl (C=O) groups excluding carboxylic acids is 4. The Morgan fingerprint density at radius 2 is 2.00 bits per heavy atom. The Morgan fingerprint density at radius 3 is 2.75 bits per heavy atom. The average Bonchev–Trinajstić information content (AvgIpc) is 3.65. The summed E-state index contributed by atoms with van der Waals surface area (Å²) in [7, 11) is 0. The largest absolute Gasteiger partial charge is 0.481 e. The molecule has 5 heterocycles. The maximum absolute atomic E-state index is 13.4. The van der Waals surface area contributed by atoms with E-state index in [-0.39, 0.29) is 61.4 Å². The van der Waals surface area contributed by atoms with E-state index < -0.39 is 0 Å². The molecule has 3 aromatic rings. The minimum atomic E-state index is -0.339. The number of thiophene rings is 1. The predicted molar refractivity (Wildman–Crippen MR) is 147 cm³/mol. The molecule has 40 heavy (non-hydrogen) atoms. The number of hydrogen-bond donors (Lipinski definition) is 1. The molecule has 2 aromatic heterocycles. The molecule has 12 heteroatoms. The number of amides is 3. The van der Waals surface area contributed by atoms with E-state index in [1.54, 1.807) is 12.3 Å². The molecule has 1 aliphatic carbocycles. The molecule has 3 fully saturated rings. The van der Waals surface area contributed by atoms with Crippen LogP contribution in [-0.4, -0.2) is 64.9 Å². The number of likely N-dealkylation sites (tertiary alicyclic amines) is 1. The molecule has 10 nitrogen and oxygen atoms in total. The second-order valence-corrected chi connectivity index (χ2v) is 12.2. The zero-order chi connectivity index (χ0) is 27.6. The number of imide groups is 1. The van der Waals surface area contributed by atoms with Crippen LogP contribution in [-0.2, 0) is 30.5 Å². The summed E-state index contributed by atoms with van der Waals surface area (Å²) in [4.78, 5) is 57.4. The normalized spacial score (nSPS) is 25.9. The van der Waals surface area contributed by atoms with Crippen LogP contribution in [0.25, 0.3) is 21.3 Å². The quantitative estimate of drug-likeness (QED) is 0.348. The molecule has 3 amide bonds. The number of ether oxygens (including phenoxy) is 2. The van der Waals surface area contributed by atoms with E-state index in [1.807, 2.05) is 23.1 Å². The van der Waals surface area contributed by atoms with Gasteiger partial charge < -0.3 is 19.7 Å². The van der Waals surface area contributed by atoms with Crippen LogP contribution in [0.2, 0.25) is 5.02 Å². The molecule has 1 aromatic carbocycles. The summed E-state index contributed by atoms with van der Waals surface area (Å²) in [5.41, 5.74) is 2.59. The Balaban J connectivity index is 1.29. The minimum Gasteiger partial charge on any atom is -0.481 e. The van der Waals surface area contributed by atoms with E-state index in [0.717, 1.165) is 39.1 Å². The molecular formula is C28H25ClN4O6S. The first-order valence-electron chi connectivity index (χ1n) is 13.2. The van der Waals surface area contributed by atoms with Crippen molar-refractivity contribution in [1.82, 2.24) is 15.2 Å². The first-order valence-corrected chi connectivity index (χ1v) is 14.4. The lowest BCUT2D eigenvalue weighted by Gasteiger charge is -2.46. The van der Waals surface area contributed by atoms with Gasteiger partial charge in [-0.1, -0.05) is 11.6 Å². The second kappa shape index (κ2) is 9.53. The molecular weight excluding hydrogens is 556 g/mol. The van der Waals surface area contributed by atoms with Gasteiger partial charge in [0, 0.05) is 52.7 Å². The third kappa shape index (κ3) is 3.98. The number of rotatable bonds is 6. The maximum atomic E-state index is 13.4. The highest BCUT2D eigenvalue weighted by Gasteiger charge is 2.55. The van der Waals surface area contributed by atoms with Crippen molar-refractivity contribution in [3.05, 3.63) is 40.4 Å². The second-order valence-electron chi connectivity index (χ2n) is 10.7. The highest BCUT2D eigenvalue weighted by molar-refractivity contribution is 7.19. The third-order valence-electron chi connectivity index (χ3n) is 8.47. The summed E-state index contributed by atoms with van der Waals surface area (Å²) in [5.74, 6) is 0.0322. The van der Waals surface area contributed by atoms with E-state index in [4.69, 9.17) is 21.1 Å². The van der Waals surface area contributed by atoms with Gasteiger partial charge in [-0.3, -0.25) is 29.1 Å². The summed E-state index contributed by atoms with van der Waals surface area (Å²) < 4.78 is 12.1. The Labute approximate surface area is 238 Å². The smallest absolute Gasteiger partial charge is 0.293 e. The van der Waals surface area contributed by atoms with Crippen LogP contribution in [0, 0.1) is 0 Å². The van der Waals surface area contributed by atoms with Gasteiger partial charge in [0.15, 0.2) is 6.61 Å². The zero-order valence-electron chi connectivity index (χ0n) is 21.4. The van der Waals surface area contributed by atoms with Crippen LogP contribution in [0.3, 0.4) is 0 Å². The van der Waals surface area contributed by atoms with Crippen molar-refractivity contribution in [2.45, 2.75) is 56.3 Å². The lowest BCUT2D eigenvalue weighted by atomic mass is 9.72. The van der Waals surface area contributed by atoms with Crippen molar-refractivity contribution in [3.8, 4) is 16.9 Å². The first-order chi connectivity index (χ1) is 19.4. The molecule has 3 atom stereocenters. The van der Waals surface area contributed by atoms with E-state index in [1.165, 1.54) is 16.2 Å². The van der Waals surface area contributed by atoms with Gasteiger partial charge in [-0.15, -0.1) is 11.3 Å². The topological polar surface area (TPSA) is 118 Å². The molecule has 1 N–H and O–H groups in total. The summed E-state index contributed by atoms with van der Waals surface area (Å²) in [6.45, 7) is 1.16. The SMILES string of the molecule is O=COC1CCC12C[C@H](N1C(=O)COc3cc(Cl)cc(-c4ccnc5cc(CN6C(=O)CCC6=O)sc45)c31)CN2. The number of pyridine rings is 1. The number of nitrogens with zero attached hydrogens (tertiary/aromatic N) is 3. The van der Waals surface area contributed by atoms with E-state index in [2.05, 4.69) is 10.3 Å². The van der Waals surface area contributed by atoms with E-state index in [0.29, 0.717) is 35.9 Å². The lowest BCUT2D eigenvalue weighted by Crippen LogP contribution is -2.59. The van der Waals surface area contributed by atoms with Gasteiger partial charge in [0.05, 0.1) is 34.0 Å². The molecule has 0 radical (unpaired) electrons. The molecule has 2 unspecified atom stereocenters. The minimum absolute atomic E-state index is 0.0999. The van der Waals surface area contributed by atoms with E-state index in [9.17, 15) is 19.2 Å². The van der Waals surface area contributed by atoms with Crippen LogP contribution < -0.4 is 15.0 Å². The number of aromatic nitrogens is 1. The molecule has 7 rings (SSSR count). The fourth-order valence-corrected chi connectivity index (χ4v) is 7.81. The number of carbonyl (C=O) groups is 4. The summed E-state index contributed by atoms with van der Waals surface area (Å²) in [6.07, 6.45) is 4.27. The number of nitrogens with one attached hydrogen (secondary N) is 1. The predicted octanol–water partition coefficient (Wildman–Crippen LogP) is 3.43. The molecule has 2 saturated heterocycles. The van der Waals surface area contributed by atoms with Crippen molar-refractivity contribution in [2.24, 2.45) is 0 Å². The molecule has 4 aliphatic rings. The molecule has 1 spiro atoms. The first kappa shape index (κ1) is 25.4. The fraction of sp³-hybridized carbons (Fsp3) is 0.393. The van der Waals surface area contributed by atoms with Crippen molar-refractivity contribution < 1.29 is 28.7 Å². The van der Waals surface area contributed by atoms with Crippen molar-refractivity contribution in [3.63, 3.8) is 0 Å². The van der Waals surface area contributed by atoms with Gasteiger partial charge in [-0.05, 0) is 37.5 Å². The Kier molecular flexibility index (Phi) is 6.06. The molecule has 3 aliphatic heterocycles. The van der Waals surface area contributed by atoms with Gasteiger partial charge >= 0.3 is 0 Å². The van der Waals surface area contributed by atoms with Gasteiger partial charge in [0.2, 0.25) is 11.8 Å². The highest BCUT2D eigenvalue weighted by atomic mass is 35.5. The van der Waals surface area contributed by atoms with Crippen LogP contribution in [0.5, 0.6) is 5.75 Å². The molecule has 1 saturated carbocycles. The molecule has 0 bridgehead atoms. The number of halogens is 1. The summed E-state index contributed by atoms with van der Waals surface area (Å²) in [6, 6.07) is 7.16. The van der Waals surface area contributed by atoms with Gasteiger partial charge in [0.25, 0.3) is 12.4 Å². The van der Waals surface area contributed by atoms with Crippen LogP contribution in [0.1, 0.15) is 37.0 Å². The Morgan fingerprint density at radius 1 is 1.18 bits per heavy atom.